The predicted molar refractivity (Wildman–Crippen MR) is 102 cm³/mol. The summed E-state index contributed by atoms with van der Waals surface area (Å²) in [5.41, 5.74) is 5.56. The zero-order valence-electron chi connectivity index (χ0n) is 14.2. The van der Waals surface area contributed by atoms with E-state index in [1.807, 2.05) is 17.8 Å². The average Bonchev–Trinajstić information content (AvgIpc) is 3.24. The summed E-state index contributed by atoms with van der Waals surface area (Å²) in [6, 6.07) is 6.28. The molecule has 1 unspecified atom stereocenters. The molecule has 3 aliphatic heterocycles. The van der Waals surface area contributed by atoms with Gasteiger partial charge in [-0.15, -0.1) is 11.8 Å². The van der Waals surface area contributed by atoms with Crippen LogP contribution in [0.3, 0.4) is 0 Å². The highest BCUT2D eigenvalue weighted by molar-refractivity contribution is 8.03. The third-order valence-corrected chi connectivity index (χ3v) is 6.34. The highest BCUT2D eigenvalue weighted by Gasteiger charge is 2.25. The lowest BCUT2D eigenvalue weighted by Crippen LogP contribution is -2.47. The first kappa shape index (κ1) is 15.6. The van der Waals surface area contributed by atoms with Gasteiger partial charge in [-0.05, 0) is 28.7 Å². The molecule has 5 rings (SSSR count). The van der Waals surface area contributed by atoms with Crippen LogP contribution in [0.1, 0.15) is 5.56 Å². The minimum atomic E-state index is 0.578. The molecular formula is C20H22N2O2S. The predicted octanol–water partition coefficient (Wildman–Crippen LogP) is 3.17. The SMILES string of the molecule is C1=CC2=CC(CN3CCN(c4cccc5c4CCOO5)CC3)=CC2S1. The topological polar surface area (TPSA) is 24.9 Å². The van der Waals surface area contributed by atoms with E-state index in [1.54, 1.807) is 0 Å². The molecule has 5 heteroatoms. The van der Waals surface area contributed by atoms with Crippen LogP contribution in [0.15, 0.2) is 53.0 Å². The van der Waals surface area contributed by atoms with E-state index in [9.17, 15) is 0 Å². The molecule has 25 heavy (non-hydrogen) atoms. The molecule has 4 nitrogen and oxygen atoms in total. The number of nitrogens with zero attached hydrogens (tertiary/aromatic N) is 2. The first-order valence-electron chi connectivity index (χ1n) is 9.00. The minimum Gasteiger partial charge on any atom is -0.369 e. The highest BCUT2D eigenvalue weighted by atomic mass is 32.2. The van der Waals surface area contributed by atoms with Crippen LogP contribution in [0.25, 0.3) is 0 Å². The van der Waals surface area contributed by atoms with Crippen molar-refractivity contribution in [2.45, 2.75) is 11.7 Å². The van der Waals surface area contributed by atoms with Gasteiger partial charge in [0.1, 0.15) is 0 Å². The molecule has 1 atom stereocenters. The minimum absolute atomic E-state index is 0.578. The molecule has 3 heterocycles. The number of fused-ring (bicyclic) bond motifs is 2. The summed E-state index contributed by atoms with van der Waals surface area (Å²) in [6.07, 6.45) is 7.98. The van der Waals surface area contributed by atoms with Crippen molar-refractivity contribution in [2.24, 2.45) is 0 Å². The number of anilines is 1. The third-order valence-electron chi connectivity index (χ3n) is 5.34. The molecule has 0 N–H and O–H groups in total. The zero-order valence-corrected chi connectivity index (χ0v) is 15.0. The molecule has 0 bridgehead atoms. The molecule has 0 amide bonds. The van der Waals surface area contributed by atoms with Crippen LogP contribution in [0.2, 0.25) is 0 Å². The molecule has 1 aromatic rings. The van der Waals surface area contributed by atoms with E-state index >= 15 is 0 Å². The standard InChI is InChI=1S/C20H22N2O2S/c1-2-18(17-4-10-23-24-19(17)3-1)22-8-6-21(7-9-22)14-15-12-16-5-11-25-20(16)13-15/h1-3,5,11-13,20H,4,6-10,14H2. The van der Waals surface area contributed by atoms with Gasteiger partial charge in [0.25, 0.3) is 0 Å². The van der Waals surface area contributed by atoms with E-state index in [0.29, 0.717) is 11.9 Å². The molecule has 0 radical (unpaired) electrons. The maximum absolute atomic E-state index is 5.34. The van der Waals surface area contributed by atoms with Crippen molar-refractivity contribution in [1.82, 2.24) is 4.90 Å². The van der Waals surface area contributed by atoms with Crippen LogP contribution in [0.4, 0.5) is 5.69 Å². The van der Waals surface area contributed by atoms with Crippen molar-refractivity contribution in [3.8, 4) is 5.75 Å². The fourth-order valence-corrected chi connectivity index (χ4v) is 4.99. The van der Waals surface area contributed by atoms with E-state index in [4.69, 9.17) is 9.78 Å². The largest absolute Gasteiger partial charge is 0.369 e. The number of hydrogen-bond acceptors (Lipinski definition) is 5. The maximum Gasteiger partial charge on any atom is 0.170 e. The quantitative estimate of drug-likeness (QED) is 0.777. The second kappa shape index (κ2) is 6.56. The van der Waals surface area contributed by atoms with Crippen molar-refractivity contribution in [3.63, 3.8) is 0 Å². The third kappa shape index (κ3) is 3.01. The van der Waals surface area contributed by atoms with Gasteiger partial charge in [-0.3, -0.25) is 4.90 Å². The van der Waals surface area contributed by atoms with E-state index in [1.165, 1.54) is 22.4 Å². The fraction of sp³-hybridized carbons (Fsp3) is 0.400. The van der Waals surface area contributed by atoms with Crippen LogP contribution in [0.5, 0.6) is 5.75 Å². The molecule has 1 aromatic carbocycles. The summed E-state index contributed by atoms with van der Waals surface area (Å²) in [7, 11) is 0. The number of rotatable bonds is 3. The maximum atomic E-state index is 5.34. The summed E-state index contributed by atoms with van der Waals surface area (Å²) in [6.45, 7) is 6.06. The summed E-state index contributed by atoms with van der Waals surface area (Å²) in [5.74, 6) is 0.881. The zero-order chi connectivity index (χ0) is 16.6. The van der Waals surface area contributed by atoms with Crippen molar-refractivity contribution in [2.75, 3.05) is 44.2 Å². The molecule has 130 valence electrons. The molecule has 0 saturated carbocycles. The Hall–Kier alpha value is -1.69. The molecular weight excluding hydrogens is 332 g/mol. The smallest absolute Gasteiger partial charge is 0.170 e. The number of allylic oxidation sites excluding steroid dienone is 1. The Morgan fingerprint density at radius 3 is 2.96 bits per heavy atom. The van der Waals surface area contributed by atoms with E-state index in [-0.39, 0.29) is 0 Å². The Morgan fingerprint density at radius 1 is 1.16 bits per heavy atom. The normalized spacial score (nSPS) is 25.3. The van der Waals surface area contributed by atoms with Gasteiger partial charge >= 0.3 is 0 Å². The Bertz CT molecular complexity index is 763. The molecule has 0 spiro atoms. The van der Waals surface area contributed by atoms with E-state index in [2.05, 4.69) is 45.6 Å². The Morgan fingerprint density at radius 2 is 2.08 bits per heavy atom. The lowest BCUT2D eigenvalue weighted by atomic mass is 10.1. The van der Waals surface area contributed by atoms with Gasteiger partial charge in [0.15, 0.2) is 5.75 Å². The van der Waals surface area contributed by atoms with Gasteiger partial charge in [-0.2, -0.15) is 4.89 Å². The van der Waals surface area contributed by atoms with E-state index < -0.39 is 0 Å². The second-order valence-electron chi connectivity index (χ2n) is 6.92. The number of piperazine rings is 1. The second-order valence-corrected chi connectivity index (χ2v) is 7.97. The van der Waals surface area contributed by atoms with Gasteiger partial charge < -0.3 is 9.79 Å². The molecule has 0 aromatic heterocycles. The summed E-state index contributed by atoms with van der Waals surface area (Å²) >= 11 is 1.92. The van der Waals surface area contributed by atoms with Crippen molar-refractivity contribution in [1.29, 1.82) is 0 Å². The van der Waals surface area contributed by atoms with Gasteiger partial charge in [0.05, 0.1) is 11.9 Å². The summed E-state index contributed by atoms with van der Waals surface area (Å²) in [4.78, 5) is 15.5. The number of hydrogen-bond donors (Lipinski definition) is 0. The lowest BCUT2D eigenvalue weighted by Gasteiger charge is -2.37. The van der Waals surface area contributed by atoms with Crippen molar-refractivity contribution < 1.29 is 9.78 Å². The van der Waals surface area contributed by atoms with Crippen LogP contribution in [-0.4, -0.2) is 49.5 Å². The van der Waals surface area contributed by atoms with Crippen LogP contribution < -0.4 is 9.79 Å². The van der Waals surface area contributed by atoms with Gasteiger partial charge in [-0.25, -0.2) is 0 Å². The Balaban J connectivity index is 1.23. The first-order valence-corrected chi connectivity index (χ1v) is 9.94. The number of thioether (sulfide) groups is 1. The Kier molecular flexibility index (Phi) is 4.08. The fourth-order valence-electron chi connectivity index (χ4n) is 4.03. The van der Waals surface area contributed by atoms with Gasteiger partial charge in [0.2, 0.25) is 0 Å². The summed E-state index contributed by atoms with van der Waals surface area (Å²) < 4.78 is 0. The molecule has 1 saturated heterocycles. The van der Waals surface area contributed by atoms with Crippen LogP contribution in [0, 0.1) is 0 Å². The van der Waals surface area contributed by atoms with Gasteiger partial charge in [-0.1, -0.05) is 24.3 Å². The average molecular weight is 354 g/mol. The Labute approximate surface area is 152 Å². The first-order chi connectivity index (χ1) is 12.4. The number of benzene rings is 1. The van der Waals surface area contributed by atoms with Crippen LogP contribution in [-0.2, 0) is 11.3 Å². The lowest BCUT2D eigenvalue weighted by molar-refractivity contribution is -0.215. The van der Waals surface area contributed by atoms with Crippen LogP contribution >= 0.6 is 11.8 Å². The van der Waals surface area contributed by atoms with Crippen molar-refractivity contribution >= 4 is 17.4 Å². The molecule has 1 fully saturated rings. The van der Waals surface area contributed by atoms with Gasteiger partial charge in [0, 0.05) is 50.4 Å². The highest BCUT2D eigenvalue weighted by Crippen LogP contribution is 2.36. The van der Waals surface area contributed by atoms with E-state index in [0.717, 1.165) is 44.9 Å². The summed E-state index contributed by atoms with van der Waals surface area (Å²) in [5, 5.41) is 2.78. The molecule has 1 aliphatic carbocycles. The van der Waals surface area contributed by atoms with Crippen molar-refractivity contribution in [3.05, 3.63) is 58.5 Å². The molecule has 4 aliphatic rings. The monoisotopic (exact) mass is 354 g/mol.